The first-order chi connectivity index (χ1) is 19.9. The number of carbonyl (C=O) groups is 4. The summed E-state index contributed by atoms with van der Waals surface area (Å²) in [5.41, 5.74) is 8.40. The lowest BCUT2D eigenvalue weighted by Gasteiger charge is -2.27. The Hall–Kier alpha value is -4.38. The van der Waals surface area contributed by atoms with Gasteiger partial charge in [-0.25, -0.2) is 4.79 Å². The number of phenols is 1. The van der Waals surface area contributed by atoms with Crippen LogP contribution in [0.15, 0.2) is 54.7 Å². The number of hydrogen-bond donors (Lipinski definition) is 7. The van der Waals surface area contributed by atoms with Gasteiger partial charge in [0.05, 0.1) is 6.04 Å². The van der Waals surface area contributed by atoms with Gasteiger partial charge >= 0.3 is 5.97 Å². The second-order valence-electron chi connectivity index (χ2n) is 11.0. The van der Waals surface area contributed by atoms with E-state index in [1.54, 1.807) is 32.2 Å². The van der Waals surface area contributed by atoms with E-state index in [-0.39, 0.29) is 24.5 Å². The van der Waals surface area contributed by atoms with Gasteiger partial charge in [-0.1, -0.05) is 64.4 Å². The zero-order chi connectivity index (χ0) is 31.0. The molecule has 3 amide bonds. The smallest absolute Gasteiger partial charge is 0.326 e. The monoisotopic (exact) mass is 579 g/mol. The van der Waals surface area contributed by atoms with Crippen LogP contribution in [-0.2, 0) is 32.0 Å². The Kier molecular flexibility index (Phi) is 11.1. The van der Waals surface area contributed by atoms with Gasteiger partial charge in [0.25, 0.3) is 0 Å². The van der Waals surface area contributed by atoms with Gasteiger partial charge in [-0.2, -0.15) is 0 Å². The van der Waals surface area contributed by atoms with Crippen LogP contribution in [0.3, 0.4) is 0 Å². The van der Waals surface area contributed by atoms with Crippen LogP contribution >= 0.6 is 0 Å². The Morgan fingerprint density at radius 1 is 0.857 bits per heavy atom. The van der Waals surface area contributed by atoms with Crippen molar-refractivity contribution in [2.75, 3.05) is 0 Å². The van der Waals surface area contributed by atoms with Crippen LogP contribution in [-0.4, -0.2) is 63.1 Å². The number of nitrogens with one attached hydrogen (secondary N) is 4. The molecule has 0 spiro atoms. The maximum absolute atomic E-state index is 13.8. The summed E-state index contributed by atoms with van der Waals surface area (Å²) in [7, 11) is 0. The second-order valence-corrected chi connectivity index (χ2v) is 11.0. The number of aromatic nitrogens is 1. The average molecular weight is 580 g/mol. The summed E-state index contributed by atoms with van der Waals surface area (Å²) < 4.78 is 0. The summed E-state index contributed by atoms with van der Waals surface area (Å²) in [4.78, 5) is 55.2. The number of rotatable bonds is 14. The minimum atomic E-state index is -1.19. The SMILES string of the molecule is CCC(C)C(N)C(=O)NC(Cc1ccc(O)cc1)C(=O)NC(Cc1c[nH]c2ccccc12)C(=O)NC(C(=O)O)C(C)C. The van der Waals surface area contributed by atoms with Gasteiger partial charge in [0.2, 0.25) is 17.7 Å². The standard InChI is InChI=1S/C31H41N5O6/c1-5-18(4)26(32)30(40)35-24(14-19-10-12-21(37)13-11-19)28(38)34-25(29(39)36-27(17(2)3)31(41)42)15-20-16-33-23-9-7-6-8-22(20)23/h6-13,16-18,24-27,33,37H,5,14-15,32H2,1-4H3,(H,34,38)(H,35,40)(H,36,39)(H,41,42). The minimum absolute atomic E-state index is 0.0520. The number of H-pyrrole nitrogens is 1. The highest BCUT2D eigenvalue weighted by molar-refractivity contribution is 5.95. The van der Waals surface area contributed by atoms with E-state index >= 15 is 0 Å². The van der Waals surface area contributed by atoms with Gasteiger partial charge in [0.15, 0.2) is 0 Å². The normalized spacial score (nSPS) is 14.9. The fourth-order valence-electron chi connectivity index (χ4n) is 4.63. The number of amides is 3. The van der Waals surface area contributed by atoms with E-state index in [2.05, 4.69) is 20.9 Å². The van der Waals surface area contributed by atoms with E-state index < -0.39 is 53.8 Å². The Balaban J connectivity index is 1.92. The minimum Gasteiger partial charge on any atom is -0.508 e. The number of aliphatic carboxylic acids is 1. The highest BCUT2D eigenvalue weighted by Gasteiger charge is 2.32. The molecule has 42 heavy (non-hydrogen) atoms. The summed E-state index contributed by atoms with van der Waals surface area (Å²) in [6.07, 6.45) is 2.54. The molecule has 1 heterocycles. The van der Waals surface area contributed by atoms with Crippen molar-refractivity contribution < 1.29 is 29.4 Å². The predicted molar refractivity (Wildman–Crippen MR) is 160 cm³/mol. The molecule has 1 aromatic heterocycles. The van der Waals surface area contributed by atoms with Gasteiger partial charge in [-0.15, -0.1) is 0 Å². The van der Waals surface area contributed by atoms with Crippen molar-refractivity contribution in [3.63, 3.8) is 0 Å². The van der Waals surface area contributed by atoms with Crippen molar-refractivity contribution in [2.45, 2.75) is 71.1 Å². The van der Waals surface area contributed by atoms with E-state index in [4.69, 9.17) is 5.73 Å². The van der Waals surface area contributed by atoms with Crippen molar-refractivity contribution in [3.05, 3.63) is 65.9 Å². The highest BCUT2D eigenvalue weighted by Crippen LogP contribution is 2.20. The van der Waals surface area contributed by atoms with Crippen LogP contribution in [0.1, 0.15) is 45.2 Å². The molecular weight excluding hydrogens is 538 g/mol. The van der Waals surface area contributed by atoms with E-state index in [0.29, 0.717) is 12.0 Å². The van der Waals surface area contributed by atoms with Crippen LogP contribution in [0.5, 0.6) is 5.75 Å². The van der Waals surface area contributed by atoms with Gasteiger partial charge in [0.1, 0.15) is 23.9 Å². The summed E-state index contributed by atoms with van der Waals surface area (Å²) in [6, 6.07) is 9.44. The molecule has 3 aromatic rings. The number of fused-ring (bicyclic) bond motifs is 1. The summed E-state index contributed by atoms with van der Waals surface area (Å²) in [5.74, 6) is -3.48. The van der Waals surface area contributed by atoms with E-state index in [1.165, 1.54) is 12.1 Å². The van der Waals surface area contributed by atoms with Crippen LogP contribution in [0.25, 0.3) is 10.9 Å². The zero-order valence-corrected chi connectivity index (χ0v) is 24.4. The number of phenolic OH excluding ortho intramolecular Hbond substituents is 1. The summed E-state index contributed by atoms with van der Waals surface area (Å²) in [6.45, 7) is 7.11. The summed E-state index contributed by atoms with van der Waals surface area (Å²) >= 11 is 0. The molecule has 3 rings (SSSR count). The number of carbonyl (C=O) groups excluding carboxylic acids is 3. The van der Waals surface area contributed by atoms with E-state index in [1.807, 2.05) is 38.1 Å². The van der Waals surface area contributed by atoms with Gasteiger partial charge in [-0.3, -0.25) is 14.4 Å². The first-order valence-electron chi connectivity index (χ1n) is 14.1. The largest absolute Gasteiger partial charge is 0.508 e. The molecule has 0 bridgehead atoms. The third kappa shape index (κ3) is 8.32. The molecule has 0 saturated carbocycles. The molecule has 0 aliphatic rings. The Bertz CT molecular complexity index is 1390. The maximum atomic E-state index is 13.8. The van der Waals surface area contributed by atoms with Gasteiger partial charge < -0.3 is 36.9 Å². The fraction of sp³-hybridized carbons (Fsp3) is 0.419. The Morgan fingerprint density at radius 3 is 2.07 bits per heavy atom. The first-order valence-corrected chi connectivity index (χ1v) is 14.1. The van der Waals surface area contributed by atoms with Gasteiger partial charge in [0, 0.05) is 29.9 Å². The van der Waals surface area contributed by atoms with Crippen molar-refractivity contribution in [1.29, 1.82) is 0 Å². The second kappa shape index (κ2) is 14.5. The number of benzene rings is 2. The molecule has 5 atom stereocenters. The number of carboxylic acid groups (broad SMARTS) is 1. The Morgan fingerprint density at radius 2 is 1.45 bits per heavy atom. The highest BCUT2D eigenvalue weighted by atomic mass is 16.4. The number of para-hydroxylation sites is 1. The van der Waals surface area contributed by atoms with Crippen molar-refractivity contribution >= 4 is 34.6 Å². The van der Waals surface area contributed by atoms with Crippen LogP contribution in [0, 0.1) is 11.8 Å². The molecule has 5 unspecified atom stereocenters. The number of hydrogen-bond acceptors (Lipinski definition) is 6. The molecule has 226 valence electrons. The Labute approximate surface area is 245 Å². The van der Waals surface area contributed by atoms with Crippen LogP contribution < -0.4 is 21.7 Å². The lowest BCUT2D eigenvalue weighted by Crippen LogP contribution is -2.59. The molecule has 0 saturated heterocycles. The maximum Gasteiger partial charge on any atom is 0.326 e. The van der Waals surface area contributed by atoms with Crippen LogP contribution in [0.2, 0.25) is 0 Å². The lowest BCUT2D eigenvalue weighted by molar-refractivity contribution is -0.143. The van der Waals surface area contributed by atoms with Crippen molar-refractivity contribution in [3.8, 4) is 5.75 Å². The molecule has 11 heteroatoms. The molecule has 2 aromatic carbocycles. The third-order valence-corrected chi connectivity index (χ3v) is 7.53. The molecule has 0 radical (unpaired) electrons. The fourth-order valence-corrected chi connectivity index (χ4v) is 4.63. The first kappa shape index (κ1) is 32.1. The third-order valence-electron chi connectivity index (χ3n) is 7.53. The predicted octanol–water partition coefficient (Wildman–Crippen LogP) is 2.23. The quantitative estimate of drug-likeness (QED) is 0.152. The van der Waals surface area contributed by atoms with E-state index in [0.717, 1.165) is 16.5 Å². The lowest BCUT2D eigenvalue weighted by atomic mass is 9.97. The van der Waals surface area contributed by atoms with E-state index in [9.17, 15) is 29.4 Å². The molecule has 8 N–H and O–H groups in total. The molecule has 11 nitrogen and oxygen atoms in total. The number of aromatic hydroxyl groups is 1. The van der Waals surface area contributed by atoms with Crippen LogP contribution in [0.4, 0.5) is 0 Å². The molecule has 0 aliphatic carbocycles. The zero-order valence-electron chi connectivity index (χ0n) is 24.4. The van der Waals surface area contributed by atoms with Crippen molar-refractivity contribution in [1.82, 2.24) is 20.9 Å². The summed E-state index contributed by atoms with van der Waals surface area (Å²) in [5, 5.41) is 28.2. The average Bonchev–Trinajstić information content (AvgIpc) is 3.37. The van der Waals surface area contributed by atoms with Crippen molar-refractivity contribution in [2.24, 2.45) is 17.6 Å². The number of nitrogens with two attached hydrogens (primary N) is 1. The number of aromatic amines is 1. The molecule has 0 aliphatic heterocycles. The number of carboxylic acids is 1. The molecule has 0 fully saturated rings. The topological polar surface area (TPSA) is 187 Å². The molecular formula is C31H41N5O6. The van der Waals surface area contributed by atoms with Gasteiger partial charge in [-0.05, 0) is 41.2 Å².